The molecule has 2 N–H and O–H groups in total. The zero-order chi connectivity index (χ0) is 14.8. The van der Waals surface area contributed by atoms with Crippen LogP contribution in [-0.4, -0.2) is 5.91 Å². The van der Waals surface area contributed by atoms with Gasteiger partial charge >= 0.3 is 0 Å². The number of rotatable bonds is 3. The van der Waals surface area contributed by atoms with Crippen molar-refractivity contribution in [1.82, 2.24) is 10.6 Å². The third-order valence-electron chi connectivity index (χ3n) is 3.80. The zero-order valence-corrected chi connectivity index (χ0v) is 12.6. The minimum absolute atomic E-state index is 0.0582. The van der Waals surface area contributed by atoms with Crippen LogP contribution in [0.25, 0.3) is 0 Å². The maximum Gasteiger partial charge on any atom is 0.251 e. The average Bonchev–Trinajstić information content (AvgIpc) is 2.94. The second kappa shape index (κ2) is 5.88. The van der Waals surface area contributed by atoms with E-state index in [2.05, 4.69) is 10.6 Å². The molecule has 1 aliphatic rings. The number of carbonyl (C=O) groups is 1. The molecule has 108 valence electrons. The van der Waals surface area contributed by atoms with Crippen molar-refractivity contribution < 1.29 is 4.79 Å². The Kier molecular flexibility index (Phi) is 3.95. The number of halogens is 1. The normalized spacial score (nSPS) is 14.6. The molecule has 0 saturated carbocycles. The Bertz CT molecular complexity index is 684. The van der Waals surface area contributed by atoms with E-state index in [1.807, 2.05) is 49.4 Å². The number of hydrogen-bond acceptors (Lipinski definition) is 2. The van der Waals surface area contributed by atoms with Gasteiger partial charge in [0.15, 0.2) is 0 Å². The van der Waals surface area contributed by atoms with Crippen molar-refractivity contribution in [3.8, 4) is 0 Å². The summed E-state index contributed by atoms with van der Waals surface area (Å²) in [5, 5.41) is 6.97. The fourth-order valence-electron chi connectivity index (χ4n) is 2.58. The van der Waals surface area contributed by atoms with Crippen molar-refractivity contribution in [2.45, 2.75) is 26.1 Å². The Morgan fingerprint density at radius 2 is 2.00 bits per heavy atom. The first-order chi connectivity index (χ1) is 10.1. The van der Waals surface area contributed by atoms with Crippen LogP contribution in [0, 0.1) is 0 Å². The van der Waals surface area contributed by atoms with Crippen LogP contribution in [-0.2, 0) is 13.1 Å². The molecule has 3 nitrogen and oxygen atoms in total. The lowest BCUT2D eigenvalue weighted by molar-refractivity contribution is 0.0940. The molecule has 0 radical (unpaired) electrons. The Morgan fingerprint density at radius 3 is 2.81 bits per heavy atom. The molecule has 0 aliphatic carbocycles. The highest BCUT2D eigenvalue weighted by Crippen LogP contribution is 2.20. The van der Waals surface area contributed by atoms with Gasteiger partial charge in [0.05, 0.1) is 6.04 Å². The second-order valence-corrected chi connectivity index (χ2v) is 5.77. The molecule has 3 rings (SSSR count). The van der Waals surface area contributed by atoms with Gasteiger partial charge < -0.3 is 10.6 Å². The molecule has 1 unspecified atom stereocenters. The predicted molar refractivity (Wildman–Crippen MR) is 84.3 cm³/mol. The number of carbonyl (C=O) groups excluding carboxylic acids is 1. The summed E-state index contributed by atoms with van der Waals surface area (Å²) in [7, 11) is 0. The lowest BCUT2D eigenvalue weighted by atomic mass is 10.0. The van der Waals surface area contributed by atoms with E-state index in [4.69, 9.17) is 11.6 Å². The summed E-state index contributed by atoms with van der Waals surface area (Å²) in [6, 6.07) is 13.3. The molecule has 21 heavy (non-hydrogen) atoms. The first-order valence-corrected chi connectivity index (χ1v) is 7.40. The second-order valence-electron chi connectivity index (χ2n) is 5.34. The number of fused-ring (bicyclic) bond motifs is 1. The fraction of sp³-hybridized carbons (Fsp3) is 0.235. The Morgan fingerprint density at radius 1 is 1.19 bits per heavy atom. The fourth-order valence-corrected chi connectivity index (χ4v) is 2.77. The van der Waals surface area contributed by atoms with Gasteiger partial charge in [0.25, 0.3) is 5.91 Å². The molecule has 1 amide bonds. The summed E-state index contributed by atoms with van der Waals surface area (Å²) < 4.78 is 0. The molecule has 0 bridgehead atoms. The summed E-state index contributed by atoms with van der Waals surface area (Å²) in [6.45, 7) is 3.68. The van der Waals surface area contributed by atoms with E-state index < -0.39 is 0 Å². The van der Waals surface area contributed by atoms with Crippen molar-refractivity contribution in [2.24, 2.45) is 0 Å². The monoisotopic (exact) mass is 300 g/mol. The molecule has 4 heteroatoms. The molecular formula is C17H17ClN2O. The zero-order valence-electron chi connectivity index (χ0n) is 11.8. The Hall–Kier alpha value is -1.84. The number of nitrogens with one attached hydrogen (secondary N) is 2. The van der Waals surface area contributed by atoms with Crippen molar-refractivity contribution in [3.63, 3.8) is 0 Å². The van der Waals surface area contributed by atoms with Crippen LogP contribution in [0.1, 0.15) is 40.0 Å². The quantitative estimate of drug-likeness (QED) is 0.912. The lowest BCUT2D eigenvalue weighted by Crippen LogP contribution is -2.26. The number of amides is 1. The van der Waals surface area contributed by atoms with Crippen LogP contribution in [0.2, 0.25) is 5.02 Å². The van der Waals surface area contributed by atoms with E-state index in [1.165, 1.54) is 11.1 Å². The van der Waals surface area contributed by atoms with Gasteiger partial charge in [-0.3, -0.25) is 4.79 Å². The first-order valence-electron chi connectivity index (χ1n) is 7.02. The van der Waals surface area contributed by atoms with Gasteiger partial charge in [0.2, 0.25) is 0 Å². The van der Waals surface area contributed by atoms with Gasteiger partial charge in [0.1, 0.15) is 0 Å². The van der Waals surface area contributed by atoms with E-state index in [0.29, 0.717) is 10.6 Å². The largest absolute Gasteiger partial charge is 0.346 e. The van der Waals surface area contributed by atoms with Crippen LogP contribution < -0.4 is 10.6 Å². The summed E-state index contributed by atoms with van der Waals surface area (Å²) in [4.78, 5) is 12.3. The van der Waals surface area contributed by atoms with Crippen LogP contribution in [0.15, 0.2) is 42.5 Å². The van der Waals surface area contributed by atoms with E-state index in [-0.39, 0.29) is 11.9 Å². The molecule has 2 aromatic rings. The van der Waals surface area contributed by atoms with Crippen molar-refractivity contribution >= 4 is 17.5 Å². The van der Waals surface area contributed by atoms with Gasteiger partial charge in [-0.15, -0.1) is 0 Å². The molecule has 0 fully saturated rings. The Balaban J connectivity index is 1.74. The predicted octanol–water partition coefficient (Wildman–Crippen LogP) is 3.43. The molecular weight excluding hydrogens is 284 g/mol. The van der Waals surface area contributed by atoms with E-state index in [9.17, 15) is 4.79 Å². The van der Waals surface area contributed by atoms with Crippen LogP contribution in [0.5, 0.6) is 0 Å². The summed E-state index contributed by atoms with van der Waals surface area (Å²) in [5.41, 5.74) is 4.18. The van der Waals surface area contributed by atoms with Crippen molar-refractivity contribution in [1.29, 1.82) is 0 Å². The summed E-state index contributed by atoms with van der Waals surface area (Å²) in [6.07, 6.45) is 0. The van der Waals surface area contributed by atoms with Crippen molar-refractivity contribution in [3.05, 3.63) is 69.7 Å². The van der Waals surface area contributed by atoms with Gasteiger partial charge in [-0.05, 0) is 47.9 Å². The summed E-state index contributed by atoms with van der Waals surface area (Å²) >= 11 is 5.99. The molecule has 1 heterocycles. The minimum atomic E-state index is -0.0809. The third kappa shape index (κ3) is 3.09. The van der Waals surface area contributed by atoms with Crippen LogP contribution >= 0.6 is 11.6 Å². The third-order valence-corrected chi connectivity index (χ3v) is 4.03. The van der Waals surface area contributed by atoms with E-state index >= 15 is 0 Å². The van der Waals surface area contributed by atoms with Crippen LogP contribution in [0.4, 0.5) is 0 Å². The molecule has 1 aliphatic heterocycles. The van der Waals surface area contributed by atoms with Crippen molar-refractivity contribution in [2.75, 3.05) is 0 Å². The number of hydrogen-bond donors (Lipinski definition) is 2. The van der Waals surface area contributed by atoms with E-state index in [1.54, 1.807) is 0 Å². The molecule has 0 saturated heterocycles. The van der Waals surface area contributed by atoms with Crippen LogP contribution in [0.3, 0.4) is 0 Å². The maximum atomic E-state index is 12.3. The highest BCUT2D eigenvalue weighted by atomic mass is 35.5. The van der Waals surface area contributed by atoms with E-state index in [0.717, 1.165) is 18.7 Å². The summed E-state index contributed by atoms with van der Waals surface area (Å²) in [5.74, 6) is -0.0582. The SMILES string of the molecule is CC(NC(=O)c1ccc2c(c1)CNC2)c1cccc(Cl)c1. The molecule has 1 atom stereocenters. The molecule has 2 aromatic carbocycles. The molecule has 0 aromatic heterocycles. The first kappa shape index (κ1) is 14.1. The van der Waals surface area contributed by atoms with Gasteiger partial charge in [-0.2, -0.15) is 0 Å². The minimum Gasteiger partial charge on any atom is -0.346 e. The molecule has 0 spiro atoms. The Labute approximate surface area is 129 Å². The average molecular weight is 301 g/mol. The van der Waals surface area contributed by atoms with Gasteiger partial charge in [0, 0.05) is 23.7 Å². The lowest BCUT2D eigenvalue weighted by Gasteiger charge is -2.15. The van der Waals surface area contributed by atoms with Gasteiger partial charge in [-0.25, -0.2) is 0 Å². The maximum absolute atomic E-state index is 12.3. The standard InChI is InChI=1S/C17H17ClN2O/c1-11(12-3-2-4-16(18)8-12)20-17(21)13-5-6-14-9-19-10-15(14)7-13/h2-8,11,19H,9-10H2,1H3,(H,20,21). The smallest absolute Gasteiger partial charge is 0.251 e. The highest BCUT2D eigenvalue weighted by Gasteiger charge is 2.15. The topological polar surface area (TPSA) is 41.1 Å². The highest BCUT2D eigenvalue weighted by molar-refractivity contribution is 6.30. The van der Waals surface area contributed by atoms with Gasteiger partial charge in [-0.1, -0.05) is 29.8 Å². The number of benzene rings is 2.